The zero-order valence-electron chi connectivity index (χ0n) is 16.8. The Labute approximate surface area is 183 Å². The van der Waals surface area contributed by atoms with E-state index < -0.39 is 5.97 Å². The number of hydrogen-bond donors (Lipinski definition) is 1. The molecule has 0 spiro atoms. The third-order valence-corrected chi connectivity index (χ3v) is 5.83. The molecule has 5 nitrogen and oxygen atoms in total. The number of benzene rings is 3. The number of nitrogens with one attached hydrogen (secondary N) is 1. The first kappa shape index (κ1) is 20.5. The summed E-state index contributed by atoms with van der Waals surface area (Å²) < 4.78 is 6.06. The van der Waals surface area contributed by atoms with Crippen molar-refractivity contribution in [3.8, 4) is 0 Å². The molecular weight excluding hydrogens is 410 g/mol. The predicted octanol–water partition coefficient (Wildman–Crippen LogP) is 5.56. The maximum Gasteiger partial charge on any atom is 0.341 e. The Morgan fingerprint density at radius 3 is 2.13 bits per heavy atom. The molecule has 0 aliphatic rings. The highest BCUT2D eigenvalue weighted by molar-refractivity contribution is 7.23. The number of rotatable bonds is 6. The van der Waals surface area contributed by atoms with Crippen molar-refractivity contribution in [3.05, 3.63) is 101 Å². The lowest BCUT2D eigenvalue weighted by Crippen LogP contribution is -2.14. The lowest BCUT2D eigenvalue weighted by molar-refractivity contribution is 0.0530. The second-order valence-corrected chi connectivity index (χ2v) is 7.80. The molecule has 1 aromatic heterocycles. The number of carbonyl (C=O) groups is 3. The van der Waals surface area contributed by atoms with Crippen molar-refractivity contribution in [2.24, 2.45) is 0 Å². The number of thiophene rings is 1. The van der Waals surface area contributed by atoms with Crippen molar-refractivity contribution in [1.82, 2.24) is 0 Å². The maximum absolute atomic E-state index is 12.8. The van der Waals surface area contributed by atoms with Gasteiger partial charge in [0.15, 0.2) is 5.78 Å². The summed E-state index contributed by atoms with van der Waals surface area (Å²) in [6, 6.07) is 22.9. The molecule has 0 fully saturated rings. The van der Waals surface area contributed by atoms with Gasteiger partial charge in [-0.1, -0.05) is 60.7 Å². The number of anilines is 1. The van der Waals surface area contributed by atoms with Crippen LogP contribution >= 0.6 is 11.3 Å². The average Bonchev–Trinajstić information content (AvgIpc) is 3.17. The van der Waals surface area contributed by atoms with Crippen molar-refractivity contribution in [3.63, 3.8) is 0 Å². The predicted molar refractivity (Wildman–Crippen MR) is 122 cm³/mol. The summed E-state index contributed by atoms with van der Waals surface area (Å²) in [7, 11) is 0. The molecule has 0 unspecified atom stereocenters. The van der Waals surface area contributed by atoms with Crippen LogP contribution in [0.4, 0.5) is 5.00 Å². The summed E-state index contributed by atoms with van der Waals surface area (Å²) in [6.07, 6.45) is 0. The van der Waals surface area contributed by atoms with Crippen LogP contribution in [0.25, 0.3) is 10.1 Å². The van der Waals surface area contributed by atoms with Crippen molar-refractivity contribution in [2.45, 2.75) is 6.92 Å². The highest BCUT2D eigenvalue weighted by atomic mass is 32.1. The Balaban J connectivity index is 1.59. The van der Waals surface area contributed by atoms with Gasteiger partial charge in [-0.25, -0.2) is 4.79 Å². The summed E-state index contributed by atoms with van der Waals surface area (Å²) in [6.45, 7) is 1.98. The second kappa shape index (κ2) is 8.93. The van der Waals surface area contributed by atoms with Gasteiger partial charge in [0.25, 0.3) is 5.91 Å². The van der Waals surface area contributed by atoms with Gasteiger partial charge in [0, 0.05) is 26.8 Å². The molecule has 0 saturated carbocycles. The fourth-order valence-corrected chi connectivity index (χ4v) is 4.33. The number of carbonyl (C=O) groups excluding carboxylic acids is 3. The minimum atomic E-state index is -0.473. The molecule has 0 aliphatic heterocycles. The van der Waals surface area contributed by atoms with E-state index in [-0.39, 0.29) is 18.3 Å². The summed E-state index contributed by atoms with van der Waals surface area (Å²) in [5, 5.41) is 4.01. The normalized spacial score (nSPS) is 10.6. The van der Waals surface area contributed by atoms with Crippen LogP contribution in [-0.2, 0) is 4.74 Å². The SMILES string of the molecule is CCOC(=O)c1c(NC(=O)c2ccc(C(=O)c3ccccc3)cc2)sc2ccccc12. The number of amides is 1. The monoisotopic (exact) mass is 429 g/mol. The summed E-state index contributed by atoms with van der Waals surface area (Å²) in [5.41, 5.74) is 1.82. The molecule has 0 aliphatic carbocycles. The van der Waals surface area contributed by atoms with Gasteiger partial charge < -0.3 is 10.1 Å². The van der Waals surface area contributed by atoms with E-state index in [1.165, 1.54) is 11.3 Å². The van der Waals surface area contributed by atoms with Crippen LogP contribution in [0, 0.1) is 0 Å². The zero-order chi connectivity index (χ0) is 21.8. The van der Waals surface area contributed by atoms with Gasteiger partial charge in [0.2, 0.25) is 0 Å². The van der Waals surface area contributed by atoms with Crippen LogP contribution in [0.2, 0.25) is 0 Å². The Kier molecular flexibility index (Phi) is 5.91. The number of fused-ring (bicyclic) bond motifs is 1. The maximum atomic E-state index is 12.8. The molecule has 0 radical (unpaired) electrons. The number of ether oxygens (including phenoxy) is 1. The molecule has 154 valence electrons. The first-order valence-electron chi connectivity index (χ1n) is 9.78. The summed E-state index contributed by atoms with van der Waals surface area (Å²) in [5.74, 6) is -0.948. The van der Waals surface area contributed by atoms with Crippen molar-refractivity contribution in [2.75, 3.05) is 11.9 Å². The van der Waals surface area contributed by atoms with Gasteiger partial charge in [-0.3, -0.25) is 9.59 Å². The molecule has 1 N–H and O–H groups in total. The molecule has 0 saturated heterocycles. The Morgan fingerprint density at radius 2 is 1.42 bits per heavy atom. The van der Waals surface area contributed by atoms with Crippen LogP contribution in [0.3, 0.4) is 0 Å². The molecule has 3 aromatic carbocycles. The van der Waals surface area contributed by atoms with Gasteiger partial charge >= 0.3 is 5.97 Å². The van der Waals surface area contributed by atoms with E-state index in [0.29, 0.717) is 27.3 Å². The largest absolute Gasteiger partial charge is 0.462 e. The topological polar surface area (TPSA) is 72.5 Å². The molecule has 4 rings (SSSR count). The van der Waals surface area contributed by atoms with E-state index in [1.54, 1.807) is 55.5 Å². The van der Waals surface area contributed by atoms with Crippen LogP contribution < -0.4 is 5.32 Å². The van der Waals surface area contributed by atoms with E-state index in [9.17, 15) is 14.4 Å². The molecule has 0 bridgehead atoms. The quantitative estimate of drug-likeness (QED) is 0.322. The van der Waals surface area contributed by atoms with Gasteiger partial charge in [0.05, 0.1) is 6.61 Å². The van der Waals surface area contributed by atoms with E-state index in [1.807, 2.05) is 30.3 Å². The second-order valence-electron chi connectivity index (χ2n) is 6.75. The summed E-state index contributed by atoms with van der Waals surface area (Å²) in [4.78, 5) is 37.9. The third kappa shape index (κ3) is 4.25. The number of esters is 1. The average molecular weight is 429 g/mol. The first-order valence-corrected chi connectivity index (χ1v) is 10.6. The lowest BCUT2D eigenvalue weighted by atomic mass is 10.0. The fourth-order valence-electron chi connectivity index (χ4n) is 3.24. The van der Waals surface area contributed by atoms with Crippen LogP contribution in [0.1, 0.15) is 43.6 Å². The molecule has 31 heavy (non-hydrogen) atoms. The van der Waals surface area contributed by atoms with E-state index in [4.69, 9.17) is 4.74 Å². The fraction of sp³-hybridized carbons (Fsp3) is 0.0800. The Morgan fingerprint density at radius 1 is 0.806 bits per heavy atom. The highest BCUT2D eigenvalue weighted by Crippen LogP contribution is 2.36. The minimum Gasteiger partial charge on any atom is -0.462 e. The van der Waals surface area contributed by atoms with Gasteiger partial charge in [-0.15, -0.1) is 11.3 Å². The number of ketones is 1. The van der Waals surface area contributed by atoms with Crippen LogP contribution in [0.5, 0.6) is 0 Å². The molecule has 6 heteroatoms. The Bertz CT molecular complexity index is 1260. The van der Waals surface area contributed by atoms with Crippen LogP contribution in [-0.4, -0.2) is 24.3 Å². The molecule has 0 atom stereocenters. The van der Waals surface area contributed by atoms with Gasteiger partial charge in [-0.2, -0.15) is 0 Å². The molecule has 4 aromatic rings. The van der Waals surface area contributed by atoms with Crippen molar-refractivity contribution in [1.29, 1.82) is 0 Å². The Hall–Kier alpha value is -3.77. The van der Waals surface area contributed by atoms with Gasteiger partial charge in [-0.05, 0) is 25.1 Å². The smallest absolute Gasteiger partial charge is 0.341 e. The minimum absolute atomic E-state index is 0.110. The first-order chi connectivity index (χ1) is 15.1. The van der Waals surface area contributed by atoms with E-state index in [0.717, 1.165) is 10.1 Å². The highest BCUT2D eigenvalue weighted by Gasteiger charge is 2.22. The van der Waals surface area contributed by atoms with E-state index >= 15 is 0 Å². The van der Waals surface area contributed by atoms with Crippen molar-refractivity contribution >= 4 is 44.1 Å². The third-order valence-electron chi connectivity index (χ3n) is 4.75. The number of hydrogen-bond acceptors (Lipinski definition) is 5. The van der Waals surface area contributed by atoms with Crippen molar-refractivity contribution < 1.29 is 19.1 Å². The molecular formula is C25H19NO4S. The van der Waals surface area contributed by atoms with E-state index in [2.05, 4.69) is 5.32 Å². The lowest BCUT2D eigenvalue weighted by Gasteiger charge is -2.07. The van der Waals surface area contributed by atoms with Gasteiger partial charge in [0.1, 0.15) is 10.6 Å². The summed E-state index contributed by atoms with van der Waals surface area (Å²) >= 11 is 1.32. The standard InChI is InChI=1S/C25H19NO4S/c1-2-30-25(29)21-19-10-6-7-11-20(19)31-24(21)26-23(28)18-14-12-17(13-15-18)22(27)16-8-4-3-5-9-16/h3-15H,2H2,1H3,(H,26,28). The zero-order valence-corrected chi connectivity index (χ0v) is 17.6. The molecule has 1 amide bonds. The molecule has 1 heterocycles. The van der Waals surface area contributed by atoms with Crippen LogP contribution in [0.15, 0.2) is 78.9 Å².